The third-order valence-electron chi connectivity index (χ3n) is 4.77. The van der Waals surface area contributed by atoms with E-state index in [1.165, 1.54) is 35.5 Å². The van der Waals surface area contributed by atoms with E-state index in [0.717, 1.165) is 36.4 Å². The first-order valence-corrected chi connectivity index (χ1v) is 10.8. The fourth-order valence-corrected chi connectivity index (χ4v) is 5.06. The molecule has 3 amide bonds. The molecule has 0 bridgehead atoms. The molecule has 0 radical (unpaired) electrons. The van der Waals surface area contributed by atoms with Gasteiger partial charge in [-0.3, -0.25) is 15.0 Å². The van der Waals surface area contributed by atoms with Crippen LogP contribution in [0.2, 0.25) is 0 Å². The van der Waals surface area contributed by atoms with Gasteiger partial charge in [-0.1, -0.05) is 12.8 Å². The highest BCUT2D eigenvalue weighted by Crippen LogP contribution is 2.28. The topological polar surface area (TPSA) is 99.2 Å². The summed E-state index contributed by atoms with van der Waals surface area (Å²) in [7, 11) is 0. The standard InChI is InChI=1S/C17H22N6O2S2/c24-14(21-16-18-6-8-26-16)10-23-7-5-12-13(9-23)27-17(20-12)22-15(25)19-11-3-1-2-4-11/h6,8,11H,1-5,7,9-10H2,(H,18,21,24)(H2,19,20,22,25). The maximum absolute atomic E-state index is 12.1. The number of carbonyl (C=O) groups is 2. The van der Waals surface area contributed by atoms with Crippen LogP contribution in [0, 0.1) is 0 Å². The second kappa shape index (κ2) is 8.32. The molecule has 2 aliphatic rings. The molecule has 27 heavy (non-hydrogen) atoms. The Morgan fingerprint density at radius 2 is 2.07 bits per heavy atom. The van der Waals surface area contributed by atoms with Crippen molar-refractivity contribution in [3.8, 4) is 0 Å². The first-order valence-electron chi connectivity index (χ1n) is 9.13. The minimum atomic E-state index is -0.173. The number of fused-ring (bicyclic) bond motifs is 1. The smallest absolute Gasteiger partial charge is 0.321 e. The van der Waals surface area contributed by atoms with Gasteiger partial charge in [0.25, 0.3) is 0 Å². The average molecular weight is 407 g/mol. The fourth-order valence-electron chi connectivity index (χ4n) is 3.47. The van der Waals surface area contributed by atoms with Gasteiger partial charge in [-0.05, 0) is 12.8 Å². The van der Waals surface area contributed by atoms with Crippen LogP contribution in [0.4, 0.5) is 15.1 Å². The average Bonchev–Trinajstić information content (AvgIpc) is 3.36. The molecule has 144 valence electrons. The lowest BCUT2D eigenvalue weighted by Gasteiger charge is -2.24. The number of nitrogens with zero attached hydrogens (tertiary/aromatic N) is 3. The van der Waals surface area contributed by atoms with Gasteiger partial charge >= 0.3 is 6.03 Å². The summed E-state index contributed by atoms with van der Waals surface area (Å²) in [4.78, 5) is 36.1. The van der Waals surface area contributed by atoms with Crippen molar-refractivity contribution in [2.24, 2.45) is 0 Å². The number of thiazole rings is 2. The number of hydrogen-bond donors (Lipinski definition) is 3. The fraction of sp³-hybridized carbons (Fsp3) is 0.529. The second-order valence-corrected chi connectivity index (χ2v) is 8.79. The quantitative estimate of drug-likeness (QED) is 0.709. The predicted octanol–water partition coefficient (Wildman–Crippen LogP) is 2.66. The number of aromatic nitrogens is 2. The van der Waals surface area contributed by atoms with E-state index in [4.69, 9.17) is 0 Å². The largest absolute Gasteiger partial charge is 0.335 e. The Morgan fingerprint density at radius 1 is 1.22 bits per heavy atom. The minimum Gasteiger partial charge on any atom is -0.335 e. The van der Waals surface area contributed by atoms with Crippen LogP contribution in [-0.4, -0.2) is 45.9 Å². The Balaban J connectivity index is 1.29. The van der Waals surface area contributed by atoms with Crippen molar-refractivity contribution in [3.05, 3.63) is 22.1 Å². The monoisotopic (exact) mass is 406 g/mol. The molecule has 1 saturated carbocycles. The van der Waals surface area contributed by atoms with Crippen LogP contribution in [0.1, 0.15) is 36.3 Å². The van der Waals surface area contributed by atoms with Gasteiger partial charge in [-0.15, -0.1) is 22.7 Å². The van der Waals surface area contributed by atoms with E-state index in [1.54, 1.807) is 6.20 Å². The van der Waals surface area contributed by atoms with Crippen molar-refractivity contribution in [2.45, 2.75) is 44.7 Å². The summed E-state index contributed by atoms with van der Waals surface area (Å²) < 4.78 is 0. The molecule has 1 fully saturated rings. The molecule has 0 atom stereocenters. The van der Waals surface area contributed by atoms with Crippen LogP contribution in [0.25, 0.3) is 0 Å². The summed E-state index contributed by atoms with van der Waals surface area (Å²) in [6.07, 6.45) is 6.93. The third-order valence-corrected chi connectivity index (χ3v) is 6.45. The summed E-state index contributed by atoms with van der Waals surface area (Å²) in [5, 5.41) is 11.8. The molecule has 4 rings (SSSR count). The first kappa shape index (κ1) is 18.3. The Bertz CT molecular complexity index is 800. The van der Waals surface area contributed by atoms with Crippen LogP contribution in [0.3, 0.4) is 0 Å². The van der Waals surface area contributed by atoms with Crippen molar-refractivity contribution < 1.29 is 9.59 Å². The van der Waals surface area contributed by atoms with Crippen molar-refractivity contribution in [1.82, 2.24) is 20.2 Å². The number of urea groups is 1. The van der Waals surface area contributed by atoms with Gasteiger partial charge in [0.15, 0.2) is 10.3 Å². The number of amides is 3. The lowest BCUT2D eigenvalue weighted by Crippen LogP contribution is -2.36. The normalized spacial score (nSPS) is 17.5. The number of nitrogens with one attached hydrogen (secondary N) is 3. The van der Waals surface area contributed by atoms with Gasteiger partial charge in [0.2, 0.25) is 5.91 Å². The summed E-state index contributed by atoms with van der Waals surface area (Å²) in [6, 6.07) is 0.110. The first-order chi connectivity index (χ1) is 13.2. The Kier molecular flexibility index (Phi) is 5.65. The predicted molar refractivity (Wildman–Crippen MR) is 106 cm³/mol. The Hall–Kier alpha value is -2.04. The molecule has 8 nitrogen and oxygen atoms in total. The van der Waals surface area contributed by atoms with Crippen molar-refractivity contribution in [1.29, 1.82) is 0 Å². The zero-order valence-corrected chi connectivity index (χ0v) is 16.5. The number of carbonyl (C=O) groups excluding carboxylic acids is 2. The summed E-state index contributed by atoms with van der Waals surface area (Å²) in [5.74, 6) is -0.0628. The highest BCUT2D eigenvalue weighted by atomic mass is 32.1. The zero-order valence-electron chi connectivity index (χ0n) is 14.9. The van der Waals surface area contributed by atoms with Gasteiger partial charge in [-0.2, -0.15) is 0 Å². The van der Waals surface area contributed by atoms with E-state index < -0.39 is 0 Å². The molecule has 0 saturated heterocycles. The summed E-state index contributed by atoms with van der Waals surface area (Å²) in [6.45, 7) is 1.77. The van der Waals surface area contributed by atoms with Crippen LogP contribution < -0.4 is 16.0 Å². The summed E-state index contributed by atoms with van der Waals surface area (Å²) >= 11 is 2.90. The number of rotatable bonds is 5. The molecular formula is C17H22N6O2S2. The van der Waals surface area contributed by atoms with Crippen LogP contribution in [-0.2, 0) is 17.8 Å². The molecule has 2 aromatic heterocycles. The Labute approximate surface area is 165 Å². The molecule has 2 aromatic rings. The molecule has 10 heteroatoms. The zero-order chi connectivity index (χ0) is 18.6. The minimum absolute atomic E-state index is 0.0628. The number of anilines is 2. The van der Waals surface area contributed by atoms with Gasteiger partial charge in [0.05, 0.1) is 12.2 Å². The van der Waals surface area contributed by atoms with Crippen molar-refractivity contribution >= 4 is 44.9 Å². The molecule has 1 aliphatic carbocycles. The number of hydrogen-bond acceptors (Lipinski definition) is 7. The SMILES string of the molecule is O=C(CN1CCc2nc(NC(=O)NC3CCCC3)sc2C1)Nc1nccs1. The van der Waals surface area contributed by atoms with Crippen LogP contribution in [0.5, 0.6) is 0 Å². The molecular weight excluding hydrogens is 384 g/mol. The molecule has 3 heterocycles. The Morgan fingerprint density at radius 3 is 2.85 bits per heavy atom. The van der Waals surface area contributed by atoms with Gasteiger partial charge < -0.3 is 10.6 Å². The third kappa shape index (κ3) is 4.82. The van der Waals surface area contributed by atoms with Gasteiger partial charge in [-0.25, -0.2) is 14.8 Å². The van der Waals surface area contributed by atoms with E-state index in [0.29, 0.717) is 23.4 Å². The van der Waals surface area contributed by atoms with Crippen LogP contribution >= 0.6 is 22.7 Å². The maximum atomic E-state index is 12.1. The van der Waals surface area contributed by atoms with E-state index in [1.807, 2.05) is 5.38 Å². The van der Waals surface area contributed by atoms with Crippen molar-refractivity contribution in [3.63, 3.8) is 0 Å². The van der Waals surface area contributed by atoms with E-state index >= 15 is 0 Å². The van der Waals surface area contributed by atoms with E-state index in [2.05, 4.69) is 30.8 Å². The molecule has 0 unspecified atom stereocenters. The molecule has 0 aromatic carbocycles. The lowest BCUT2D eigenvalue weighted by atomic mass is 10.2. The molecule has 3 N–H and O–H groups in total. The van der Waals surface area contributed by atoms with Gasteiger partial charge in [0, 0.05) is 42.0 Å². The van der Waals surface area contributed by atoms with Crippen LogP contribution in [0.15, 0.2) is 11.6 Å². The highest BCUT2D eigenvalue weighted by Gasteiger charge is 2.24. The summed E-state index contributed by atoms with van der Waals surface area (Å²) in [5.41, 5.74) is 1.02. The molecule has 0 spiro atoms. The van der Waals surface area contributed by atoms with E-state index in [-0.39, 0.29) is 18.0 Å². The van der Waals surface area contributed by atoms with Gasteiger partial charge in [0.1, 0.15) is 0 Å². The second-order valence-electron chi connectivity index (χ2n) is 6.81. The highest BCUT2D eigenvalue weighted by molar-refractivity contribution is 7.15. The molecule has 1 aliphatic heterocycles. The lowest BCUT2D eigenvalue weighted by molar-refractivity contribution is -0.117. The van der Waals surface area contributed by atoms with Crippen molar-refractivity contribution in [2.75, 3.05) is 23.7 Å². The van der Waals surface area contributed by atoms with E-state index in [9.17, 15) is 9.59 Å². The maximum Gasteiger partial charge on any atom is 0.321 e.